The van der Waals surface area contributed by atoms with Crippen molar-refractivity contribution < 1.29 is 100 Å². The first-order chi connectivity index (χ1) is 58.6. The molecule has 1 aliphatic heterocycles. The Bertz CT molecular complexity index is 5760. The molecule has 0 spiro atoms. The number of carboxylic acid groups (broad SMARTS) is 2. The maximum atomic E-state index is 14.3. The van der Waals surface area contributed by atoms with Gasteiger partial charge in [-0.05, 0) is 188 Å². The van der Waals surface area contributed by atoms with E-state index in [1.54, 1.807) is 30.3 Å². The second kappa shape index (κ2) is 38.2. The van der Waals surface area contributed by atoms with E-state index in [-0.39, 0.29) is 87.5 Å². The molecule has 36 heteroatoms. The van der Waals surface area contributed by atoms with E-state index in [9.17, 15) is 95.7 Å². The van der Waals surface area contributed by atoms with Gasteiger partial charge in [0.15, 0.2) is 22.7 Å². The quantitative estimate of drug-likeness (QED) is 0.0237. The first-order valence-corrected chi connectivity index (χ1v) is 39.9. The molecule has 650 valence electrons. The highest BCUT2D eigenvalue weighted by atomic mass is 35.5. The number of benzene rings is 6. The van der Waals surface area contributed by atoms with Gasteiger partial charge in [-0.25, -0.2) is 38.2 Å². The van der Waals surface area contributed by atoms with Crippen LogP contribution < -0.4 is 20.7 Å². The molecule has 2 unspecified atom stereocenters. The zero-order chi connectivity index (χ0) is 89.5. The minimum absolute atomic E-state index is 0.00120. The number of hydrogen-bond acceptors (Lipinski definition) is 14. The predicted molar refractivity (Wildman–Crippen MR) is 435 cm³/mol. The maximum absolute atomic E-state index is 14.3. The van der Waals surface area contributed by atoms with Crippen molar-refractivity contribution in [2.45, 2.75) is 140 Å². The van der Waals surface area contributed by atoms with Crippen molar-refractivity contribution in [1.82, 2.24) is 39.6 Å². The van der Waals surface area contributed by atoms with E-state index in [1.165, 1.54) is 61.7 Å². The van der Waals surface area contributed by atoms with Crippen LogP contribution >= 0.6 is 34.8 Å². The second-order valence-electron chi connectivity index (χ2n) is 30.1. The van der Waals surface area contributed by atoms with Crippen molar-refractivity contribution in [2.24, 2.45) is 11.8 Å². The molecule has 5 aromatic heterocycles. The summed E-state index contributed by atoms with van der Waals surface area (Å²) in [7, 11) is 0. The number of nitrogens with one attached hydrogen (secondary N) is 3. The molecule has 6 heterocycles. The molecule has 5 N–H and O–H groups in total. The third-order valence-corrected chi connectivity index (χ3v) is 22.6. The number of aromatic nitrogens is 7. The predicted octanol–water partition coefficient (Wildman–Crippen LogP) is 21.7. The van der Waals surface area contributed by atoms with E-state index in [2.05, 4.69) is 40.6 Å². The summed E-state index contributed by atoms with van der Waals surface area (Å²) >= 11 is 18.7. The Hall–Kier alpha value is -11.7. The number of alkyl halides is 12. The number of carbonyl (C=O) groups is 5. The highest BCUT2D eigenvalue weighted by Crippen LogP contribution is 2.52. The fraction of sp³-hybridized carbons (Fsp3) is 0.307. The number of aliphatic carboxylic acids is 1. The maximum Gasteiger partial charge on any atom is 0.416 e. The Morgan fingerprint density at radius 2 is 1.43 bits per heavy atom. The third-order valence-electron chi connectivity index (χ3n) is 21.6. The first-order valence-electron chi connectivity index (χ1n) is 38.7. The second-order valence-corrected chi connectivity index (χ2v) is 31.3. The van der Waals surface area contributed by atoms with Crippen LogP contribution in [0, 0.1) is 23.5 Å². The molecular weight excluding hydrogens is 1710 g/mol. The summed E-state index contributed by atoms with van der Waals surface area (Å²) in [5.41, 5.74) is 2.98. The molecule has 2 amide bonds. The van der Waals surface area contributed by atoms with Crippen LogP contribution in [-0.2, 0) is 58.4 Å². The Labute approximate surface area is 714 Å². The van der Waals surface area contributed by atoms with Crippen LogP contribution in [-0.4, -0.2) is 118 Å². The van der Waals surface area contributed by atoms with Gasteiger partial charge in [-0.2, -0.15) is 57.8 Å². The van der Waals surface area contributed by atoms with Gasteiger partial charge in [0.25, 0.3) is 0 Å². The average molecular weight is 1790 g/mol. The Kier molecular flexibility index (Phi) is 28.2. The van der Waals surface area contributed by atoms with Gasteiger partial charge in [0, 0.05) is 60.1 Å². The number of aromatic carboxylic acids is 1. The highest BCUT2D eigenvalue weighted by Gasteiger charge is 2.64. The van der Waals surface area contributed by atoms with Crippen LogP contribution in [0.1, 0.15) is 154 Å². The van der Waals surface area contributed by atoms with Gasteiger partial charge < -0.3 is 30.9 Å². The minimum Gasteiger partial charge on any atom is -0.489 e. The first kappa shape index (κ1) is 91.5. The van der Waals surface area contributed by atoms with Crippen LogP contribution in [0.3, 0.4) is 0 Å². The lowest BCUT2D eigenvalue weighted by molar-refractivity contribution is -0.186. The lowest BCUT2D eigenvalue weighted by Crippen LogP contribution is -2.45. The van der Waals surface area contributed by atoms with E-state index in [0.717, 1.165) is 121 Å². The number of ketones is 1. The number of hydrogen-bond donors (Lipinski definition) is 5. The zero-order valence-electron chi connectivity index (χ0n) is 65.9. The standard InChI is InChI=1S/C42H38ClF3N2O4.C23H22Cl2F3NO3.C23H16F8N8O/c1-27(49)37-20-19-35-38(47-37)6-4-7-39(35)48(23-21-28-9-11-31(12-10-28)41(50)51)24-22-30-5-2-3-8-40(30)52-26-33-14-13-32(25-36(33)43)29-15-17-34(18-16-29)42(44,45)46;1-12(23(26,27)28)21(14-4-7-16(24)8-5-14)22(32)29-19-10-15(6-9-18(19)25)17(11-20(30)31)13-2-3-13;1-21(23(29,30)31)14-16(33-6-4-22(26,27)28)35-18(36-17(14)37-20(21)40)15-11-7-10(24)8-34-19(11)39(38-15)9-13-12(25)3-2-5-32-13/h2-3,5,8-20,25,39H,4,6-7,21-24,26H2,1H3,(H,50,51);4-10,12-13,17,21H,2-3,11H2,1H3,(H,29,32)(H,30,31);2-3,5,7-8H,4,6,9H2,1H3,(H2,33,35,36,37,40)/t;12-,17+,21+;/m.1./s1. The fourth-order valence-corrected chi connectivity index (χ4v) is 15.2. The minimum atomic E-state index is -5.16. The SMILES string of the molecule is CC(=O)c1ccc2c(n1)CCCC2N(CCc1ccc(C(=O)O)cc1)CCc1ccccc1OCc1ccc(-c2ccc(C(F)(F)F)cc2)cc1Cl.CC1(C(F)(F)F)C(=O)Nc2nc(-c3nn(Cc4ncccc4F)c4ncc(F)cc34)nc(NCCC(F)(F)F)c21.C[C@H]([C@H](C(=O)Nc1cc([C@@H](CC(=O)O)C2CC2)ccc1Cl)c1ccc(Cl)cc1)C(F)(F)F. The van der Waals surface area contributed by atoms with E-state index < -0.39 is 119 Å². The smallest absolute Gasteiger partial charge is 0.416 e. The van der Waals surface area contributed by atoms with Crippen molar-refractivity contribution in [3.05, 3.63) is 270 Å². The van der Waals surface area contributed by atoms with Crippen LogP contribution in [0.2, 0.25) is 15.1 Å². The van der Waals surface area contributed by atoms with Gasteiger partial charge in [-0.1, -0.05) is 121 Å². The monoisotopic (exact) mass is 1790 g/mol. The third kappa shape index (κ3) is 22.1. The van der Waals surface area contributed by atoms with E-state index in [1.807, 2.05) is 66.0 Å². The summed E-state index contributed by atoms with van der Waals surface area (Å²) in [6.45, 7) is 3.51. The number of carbonyl (C=O) groups excluding carboxylic acids is 3. The number of fused-ring (bicyclic) bond motifs is 3. The summed E-state index contributed by atoms with van der Waals surface area (Å²) in [4.78, 5) is 83.3. The molecule has 11 aromatic rings. The number of halogens is 17. The summed E-state index contributed by atoms with van der Waals surface area (Å²) in [5.74, 6) is -10.4. The number of carboxylic acids is 2. The van der Waals surface area contributed by atoms with Crippen LogP contribution in [0.5, 0.6) is 5.75 Å². The van der Waals surface area contributed by atoms with Gasteiger partial charge in [0.1, 0.15) is 47.0 Å². The number of anilines is 3. The van der Waals surface area contributed by atoms with E-state index in [4.69, 9.17) is 44.5 Å². The van der Waals surface area contributed by atoms with Gasteiger partial charge in [0.05, 0.1) is 75.9 Å². The zero-order valence-corrected chi connectivity index (χ0v) is 68.1. The number of rotatable bonds is 27. The molecule has 0 saturated heterocycles. The fourth-order valence-electron chi connectivity index (χ4n) is 14.7. The molecule has 0 bridgehead atoms. The normalized spacial score (nSPS) is 15.9. The summed E-state index contributed by atoms with van der Waals surface area (Å²) in [6, 6.07) is 43.1. The summed E-state index contributed by atoms with van der Waals surface area (Å²) < 4.78 is 196. The van der Waals surface area contributed by atoms with Crippen LogP contribution in [0.4, 0.5) is 78.8 Å². The molecule has 5 atom stereocenters. The van der Waals surface area contributed by atoms with Gasteiger partial charge in [-0.3, -0.25) is 29.1 Å². The number of pyridine rings is 3. The number of Topliss-reactive ketones (excluding diaryl/α,β-unsaturated/α-hetero) is 1. The largest absolute Gasteiger partial charge is 0.489 e. The molecule has 1 saturated carbocycles. The van der Waals surface area contributed by atoms with Crippen molar-refractivity contribution in [1.29, 1.82) is 0 Å². The van der Waals surface area contributed by atoms with Crippen LogP contribution in [0.15, 0.2) is 176 Å². The van der Waals surface area contributed by atoms with Crippen LogP contribution in [0.25, 0.3) is 33.7 Å². The number of para-hydroxylation sites is 1. The summed E-state index contributed by atoms with van der Waals surface area (Å²) in [6.07, 6.45) is -12.2. The molecule has 0 radical (unpaired) electrons. The molecule has 19 nitrogen and oxygen atoms in total. The van der Waals surface area contributed by atoms with Gasteiger partial charge in [0.2, 0.25) is 11.8 Å². The highest BCUT2D eigenvalue weighted by molar-refractivity contribution is 6.34. The lowest BCUT2D eigenvalue weighted by Gasteiger charge is -2.36. The molecule has 3 aliphatic rings. The number of amides is 2. The Morgan fingerprint density at radius 3 is 2.07 bits per heavy atom. The van der Waals surface area contributed by atoms with Crippen molar-refractivity contribution >= 4 is 92.7 Å². The summed E-state index contributed by atoms with van der Waals surface area (Å²) in [5, 5.41) is 30.5. The van der Waals surface area contributed by atoms with E-state index in [0.29, 0.717) is 52.3 Å². The molecular formula is C88H76Cl3F14N11O8. The number of aryl methyl sites for hydroxylation is 1. The molecule has 14 rings (SSSR count). The number of nitrogens with zero attached hydrogens (tertiary/aromatic N) is 8. The van der Waals surface area contributed by atoms with Crippen molar-refractivity contribution in [3.8, 4) is 28.4 Å². The Morgan fingerprint density at radius 1 is 0.734 bits per heavy atom. The van der Waals surface area contributed by atoms with Gasteiger partial charge >= 0.3 is 36.6 Å². The Balaban J connectivity index is 0.000000175. The molecule has 6 aromatic carbocycles. The molecule has 2 aliphatic carbocycles. The molecule has 124 heavy (non-hydrogen) atoms. The van der Waals surface area contributed by atoms with Gasteiger partial charge in [-0.15, -0.1) is 0 Å². The molecule has 1 fully saturated rings. The lowest BCUT2D eigenvalue weighted by atomic mass is 9.83. The topological polar surface area (TPSA) is 257 Å². The van der Waals surface area contributed by atoms with E-state index >= 15 is 0 Å². The number of ether oxygens (including phenoxy) is 1. The average Bonchev–Trinajstić information content (AvgIpc) is 1.56. The van der Waals surface area contributed by atoms with Crippen molar-refractivity contribution in [3.63, 3.8) is 0 Å². The van der Waals surface area contributed by atoms with Crippen molar-refractivity contribution in [2.75, 3.05) is 35.6 Å².